The van der Waals surface area contributed by atoms with Crippen LogP contribution in [0.5, 0.6) is 0 Å². The van der Waals surface area contributed by atoms with Crippen LogP contribution in [0.25, 0.3) is 0 Å². The zero-order valence-corrected chi connectivity index (χ0v) is 12.0. The lowest BCUT2D eigenvalue weighted by molar-refractivity contribution is -0.127. The molecule has 2 rings (SSSR count). The summed E-state index contributed by atoms with van der Waals surface area (Å²) in [6.07, 6.45) is 0.822. The summed E-state index contributed by atoms with van der Waals surface area (Å²) in [4.78, 5) is 13.8. The SMILES string of the molecule is CC(=O)N1CCC(S(=O)c2ccc(Br)cc2)C1. The van der Waals surface area contributed by atoms with Gasteiger partial charge in [0.2, 0.25) is 5.91 Å². The van der Waals surface area contributed by atoms with E-state index in [1.807, 2.05) is 24.3 Å². The molecule has 3 nitrogen and oxygen atoms in total. The summed E-state index contributed by atoms with van der Waals surface area (Å²) in [5.74, 6) is 0.0697. The van der Waals surface area contributed by atoms with Gasteiger partial charge in [0.25, 0.3) is 0 Å². The number of carbonyl (C=O) groups is 1. The van der Waals surface area contributed by atoms with Crippen LogP contribution in [0.2, 0.25) is 0 Å². The van der Waals surface area contributed by atoms with Gasteiger partial charge < -0.3 is 4.90 Å². The zero-order chi connectivity index (χ0) is 12.4. The fourth-order valence-corrected chi connectivity index (χ4v) is 3.64. The summed E-state index contributed by atoms with van der Waals surface area (Å²) in [6, 6.07) is 7.53. The highest BCUT2D eigenvalue weighted by molar-refractivity contribution is 9.10. The average molecular weight is 316 g/mol. The van der Waals surface area contributed by atoms with Crippen molar-refractivity contribution in [2.45, 2.75) is 23.5 Å². The molecule has 1 amide bonds. The zero-order valence-electron chi connectivity index (χ0n) is 9.56. The Labute approximate surface area is 112 Å². The predicted molar refractivity (Wildman–Crippen MR) is 71.2 cm³/mol. The molecule has 0 aliphatic carbocycles. The number of benzene rings is 1. The van der Waals surface area contributed by atoms with E-state index in [1.54, 1.807) is 11.8 Å². The van der Waals surface area contributed by atoms with Crippen molar-refractivity contribution in [1.82, 2.24) is 4.90 Å². The van der Waals surface area contributed by atoms with Gasteiger partial charge in [0.15, 0.2) is 0 Å². The summed E-state index contributed by atoms with van der Waals surface area (Å²) >= 11 is 3.35. The van der Waals surface area contributed by atoms with Gasteiger partial charge in [0, 0.05) is 29.4 Å². The number of likely N-dealkylation sites (tertiary alicyclic amines) is 1. The Hall–Kier alpha value is -0.680. The van der Waals surface area contributed by atoms with Crippen LogP contribution in [-0.4, -0.2) is 33.4 Å². The minimum Gasteiger partial charge on any atom is -0.342 e. The largest absolute Gasteiger partial charge is 0.342 e. The molecule has 0 N–H and O–H groups in total. The third-order valence-electron chi connectivity index (χ3n) is 2.94. The molecule has 2 unspecified atom stereocenters. The minimum absolute atomic E-state index is 0.0695. The molecular weight excluding hydrogens is 302 g/mol. The van der Waals surface area contributed by atoms with Crippen LogP contribution >= 0.6 is 15.9 Å². The quantitative estimate of drug-likeness (QED) is 0.839. The van der Waals surface area contributed by atoms with Gasteiger partial charge in [0.05, 0.1) is 16.0 Å². The number of hydrogen-bond acceptors (Lipinski definition) is 2. The molecule has 17 heavy (non-hydrogen) atoms. The normalized spacial score (nSPS) is 21.5. The molecule has 1 heterocycles. The molecule has 1 aromatic carbocycles. The van der Waals surface area contributed by atoms with Crippen LogP contribution in [0.4, 0.5) is 0 Å². The first-order chi connectivity index (χ1) is 8.08. The van der Waals surface area contributed by atoms with Crippen molar-refractivity contribution < 1.29 is 9.00 Å². The molecule has 5 heteroatoms. The number of carbonyl (C=O) groups excluding carboxylic acids is 1. The van der Waals surface area contributed by atoms with Crippen LogP contribution in [0.1, 0.15) is 13.3 Å². The maximum atomic E-state index is 12.3. The highest BCUT2D eigenvalue weighted by Gasteiger charge is 2.29. The van der Waals surface area contributed by atoms with Crippen LogP contribution in [0, 0.1) is 0 Å². The molecule has 0 aromatic heterocycles. The molecule has 0 bridgehead atoms. The van der Waals surface area contributed by atoms with Crippen LogP contribution in [0.15, 0.2) is 33.6 Å². The van der Waals surface area contributed by atoms with Crippen molar-refractivity contribution in [1.29, 1.82) is 0 Å². The van der Waals surface area contributed by atoms with Gasteiger partial charge in [-0.25, -0.2) is 0 Å². The van der Waals surface area contributed by atoms with Gasteiger partial charge in [-0.1, -0.05) is 15.9 Å². The monoisotopic (exact) mass is 315 g/mol. The van der Waals surface area contributed by atoms with E-state index in [1.165, 1.54) is 0 Å². The van der Waals surface area contributed by atoms with E-state index in [-0.39, 0.29) is 11.2 Å². The number of halogens is 1. The third-order valence-corrected chi connectivity index (χ3v) is 5.19. The molecule has 0 saturated carbocycles. The van der Waals surface area contributed by atoms with E-state index in [9.17, 15) is 9.00 Å². The predicted octanol–water partition coefficient (Wildman–Crippen LogP) is 2.18. The lowest BCUT2D eigenvalue weighted by Crippen LogP contribution is -2.28. The van der Waals surface area contributed by atoms with Crippen molar-refractivity contribution >= 4 is 32.6 Å². The van der Waals surface area contributed by atoms with Gasteiger partial charge >= 0.3 is 0 Å². The maximum absolute atomic E-state index is 12.3. The Kier molecular flexibility index (Phi) is 3.99. The van der Waals surface area contributed by atoms with Gasteiger partial charge in [-0.2, -0.15) is 0 Å². The summed E-state index contributed by atoms with van der Waals surface area (Å²) < 4.78 is 13.3. The Morgan fingerprint density at radius 1 is 1.41 bits per heavy atom. The molecule has 0 spiro atoms. The molecule has 1 fully saturated rings. The van der Waals surface area contributed by atoms with E-state index in [4.69, 9.17) is 0 Å². The van der Waals surface area contributed by atoms with Crippen LogP contribution in [0.3, 0.4) is 0 Å². The molecule has 1 aromatic rings. The second-order valence-electron chi connectivity index (χ2n) is 4.13. The van der Waals surface area contributed by atoms with Crippen LogP contribution < -0.4 is 0 Å². The Morgan fingerprint density at radius 2 is 2.06 bits per heavy atom. The van der Waals surface area contributed by atoms with E-state index in [2.05, 4.69) is 15.9 Å². The highest BCUT2D eigenvalue weighted by atomic mass is 79.9. The summed E-state index contributed by atoms with van der Waals surface area (Å²) in [7, 11) is -1.02. The highest BCUT2D eigenvalue weighted by Crippen LogP contribution is 2.21. The number of amides is 1. The van der Waals surface area contributed by atoms with Crippen molar-refractivity contribution in [2.24, 2.45) is 0 Å². The standard InChI is InChI=1S/C12H14BrNO2S/c1-9(15)14-7-6-12(8-14)17(16)11-4-2-10(13)3-5-11/h2-5,12H,6-8H2,1H3. The van der Waals surface area contributed by atoms with E-state index in [0.29, 0.717) is 6.54 Å². The van der Waals surface area contributed by atoms with E-state index in [0.717, 1.165) is 22.3 Å². The molecular formula is C12H14BrNO2S. The van der Waals surface area contributed by atoms with Gasteiger partial charge in [0.1, 0.15) is 0 Å². The molecule has 1 saturated heterocycles. The van der Waals surface area contributed by atoms with Gasteiger partial charge in [-0.3, -0.25) is 9.00 Å². The molecule has 0 radical (unpaired) electrons. The number of nitrogens with zero attached hydrogens (tertiary/aromatic N) is 1. The Bertz CT molecular complexity index is 446. The fourth-order valence-electron chi connectivity index (χ4n) is 1.95. The topological polar surface area (TPSA) is 37.4 Å². The fraction of sp³-hybridized carbons (Fsp3) is 0.417. The first-order valence-electron chi connectivity index (χ1n) is 5.49. The second-order valence-corrected chi connectivity index (χ2v) is 6.78. The molecule has 92 valence electrons. The Balaban J connectivity index is 2.07. The second kappa shape index (κ2) is 5.31. The van der Waals surface area contributed by atoms with Crippen molar-refractivity contribution in [3.8, 4) is 0 Å². The summed E-state index contributed by atoms with van der Waals surface area (Å²) in [5, 5.41) is 0.0695. The maximum Gasteiger partial charge on any atom is 0.219 e. The van der Waals surface area contributed by atoms with Gasteiger partial charge in [-0.15, -0.1) is 0 Å². The lowest BCUT2D eigenvalue weighted by Gasteiger charge is -2.13. The smallest absolute Gasteiger partial charge is 0.219 e. The number of hydrogen-bond donors (Lipinski definition) is 0. The first kappa shape index (κ1) is 12.8. The van der Waals surface area contributed by atoms with E-state index >= 15 is 0 Å². The molecule has 1 aliphatic heterocycles. The molecule has 1 aliphatic rings. The third kappa shape index (κ3) is 2.96. The van der Waals surface area contributed by atoms with Crippen molar-refractivity contribution in [3.05, 3.63) is 28.7 Å². The minimum atomic E-state index is -1.02. The number of rotatable bonds is 2. The summed E-state index contributed by atoms with van der Waals surface area (Å²) in [5.41, 5.74) is 0. The lowest BCUT2D eigenvalue weighted by atomic mass is 10.4. The van der Waals surface area contributed by atoms with E-state index < -0.39 is 10.8 Å². The van der Waals surface area contributed by atoms with Crippen molar-refractivity contribution in [3.63, 3.8) is 0 Å². The van der Waals surface area contributed by atoms with Crippen LogP contribution in [-0.2, 0) is 15.6 Å². The Morgan fingerprint density at radius 3 is 2.59 bits per heavy atom. The first-order valence-corrected chi connectivity index (χ1v) is 7.50. The average Bonchev–Trinajstić information content (AvgIpc) is 2.78. The summed E-state index contributed by atoms with van der Waals surface area (Å²) in [6.45, 7) is 2.89. The van der Waals surface area contributed by atoms with Crippen molar-refractivity contribution in [2.75, 3.05) is 13.1 Å². The van der Waals surface area contributed by atoms with Gasteiger partial charge in [-0.05, 0) is 30.7 Å². The molecule has 2 atom stereocenters.